The summed E-state index contributed by atoms with van der Waals surface area (Å²) in [5.41, 5.74) is 3.97. The number of benzene rings is 2. The van der Waals surface area contributed by atoms with E-state index >= 15 is 0 Å². The Morgan fingerprint density at radius 1 is 1.10 bits per heavy atom. The van der Waals surface area contributed by atoms with Crippen LogP contribution in [0.1, 0.15) is 48.0 Å². The lowest BCUT2D eigenvalue weighted by Gasteiger charge is -2.23. The molecule has 1 aliphatic heterocycles. The third kappa shape index (κ3) is 5.67. The number of halogens is 2. The van der Waals surface area contributed by atoms with Crippen molar-refractivity contribution in [3.05, 3.63) is 65.4 Å². The number of aryl methyl sites for hydroxylation is 1. The maximum atomic E-state index is 14.8. The molecule has 1 atom stereocenters. The van der Waals surface area contributed by atoms with Gasteiger partial charge in [-0.1, -0.05) is 6.07 Å². The molecule has 0 radical (unpaired) electrons. The van der Waals surface area contributed by atoms with Crippen molar-refractivity contribution in [1.82, 2.24) is 19.9 Å². The summed E-state index contributed by atoms with van der Waals surface area (Å²) < 4.78 is 47.2. The number of aromatic nitrogens is 3. The zero-order valence-corrected chi connectivity index (χ0v) is 22.9. The van der Waals surface area contributed by atoms with Crippen LogP contribution in [-0.2, 0) is 4.74 Å². The highest BCUT2D eigenvalue weighted by Gasteiger charge is 2.25. The highest BCUT2D eigenvalue weighted by molar-refractivity contribution is 5.96. The molecule has 1 amide bonds. The van der Waals surface area contributed by atoms with Crippen LogP contribution >= 0.6 is 0 Å². The molecular formula is C30H31F2N5O4. The van der Waals surface area contributed by atoms with Gasteiger partial charge in [0, 0.05) is 36.4 Å². The van der Waals surface area contributed by atoms with Crippen LogP contribution in [0.15, 0.2) is 42.6 Å². The number of methoxy groups -OCH3 is 1. The molecule has 2 aromatic heterocycles. The summed E-state index contributed by atoms with van der Waals surface area (Å²) in [7, 11) is 1.26. The van der Waals surface area contributed by atoms with Crippen LogP contribution in [0.4, 0.5) is 14.5 Å². The van der Waals surface area contributed by atoms with E-state index in [2.05, 4.69) is 20.7 Å². The van der Waals surface area contributed by atoms with Gasteiger partial charge in [0.05, 0.1) is 30.8 Å². The maximum Gasteiger partial charge on any atom is 0.251 e. The zero-order chi connectivity index (χ0) is 28.5. The first-order valence-corrected chi connectivity index (χ1v) is 13.8. The van der Waals surface area contributed by atoms with E-state index in [0.717, 1.165) is 49.8 Å². The molecule has 2 aliphatic rings. The lowest BCUT2D eigenvalue weighted by atomic mass is 10.0. The van der Waals surface area contributed by atoms with Crippen molar-refractivity contribution >= 4 is 17.2 Å². The fourth-order valence-electron chi connectivity index (χ4n) is 4.95. The van der Waals surface area contributed by atoms with Crippen LogP contribution in [-0.4, -0.2) is 52.9 Å². The van der Waals surface area contributed by atoms with Crippen molar-refractivity contribution in [3.63, 3.8) is 0 Å². The number of hydrogen-bond acceptors (Lipinski definition) is 7. The van der Waals surface area contributed by atoms with Gasteiger partial charge in [0.2, 0.25) is 17.5 Å². The largest absolute Gasteiger partial charge is 0.494 e. The molecule has 0 spiro atoms. The molecule has 1 saturated carbocycles. The average Bonchev–Trinajstić information content (AvgIpc) is 3.69. The van der Waals surface area contributed by atoms with Gasteiger partial charge in [-0.3, -0.25) is 4.79 Å². The lowest BCUT2D eigenvalue weighted by molar-refractivity contribution is 0.0247. The van der Waals surface area contributed by atoms with Gasteiger partial charge in [-0.25, -0.2) is 9.50 Å². The first-order valence-electron chi connectivity index (χ1n) is 13.8. The highest BCUT2D eigenvalue weighted by Crippen LogP contribution is 2.33. The van der Waals surface area contributed by atoms with E-state index in [1.165, 1.54) is 19.2 Å². The molecule has 2 fully saturated rings. The van der Waals surface area contributed by atoms with Gasteiger partial charge in [0.25, 0.3) is 5.91 Å². The van der Waals surface area contributed by atoms with Gasteiger partial charge in [-0.15, -0.1) is 5.10 Å². The number of hydrogen-bond donors (Lipinski definition) is 2. The van der Waals surface area contributed by atoms with Crippen molar-refractivity contribution < 1.29 is 27.8 Å². The predicted octanol–water partition coefficient (Wildman–Crippen LogP) is 5.66. The van der Waals surface area contributed by atoms with Crippen LogP contribution < -0.4 is 20.1 Å². The lowest BCUT2D eigenvalue weighted by Crippen LogP contribution is -2.27. The second-order valence-electron chi connectivity index (χ2n) is 10.4. The first kappa shape index (κ1) is 26.9. The van der Waals surface area contributed by atoms with Crippen LogP contribution in [0.25, 0.3) is 16.9 Å². The van der Waals surface area contributed by atoms with Gasteiger partial charge in [-0.2, -0.15) is 8.78 Å². The Labute approximate surface area is 235 Å². The third-order valence-corrected chi connectivity index (χ3v) is 7.36. The van der Waals surface area contributed by atoms with Crippen LogP contribution in [0, 0.1) is 18.6 Å². The topological polar surface area (TPSA) is 99.0 Å². The summed E-state index contributed by atoms with van der Waals surface area (Å²) in [5, 5.41) is 11.0. The number of anilines is 1. The standard InChI is InChI=1S/C30H31F2N5O4/c1-17-13-18(6-9-21(17)30(38)35-19-7-8-19)23-16-34-29-22(33-15-20-5-3-4-12-40-20)14-26(36-37(23)29)41-25-11-10-24(39-2)27(31)28(25)32/h6,9-11,13-14,16,19-20,33H,3-5,7-8,12,15H2,1-2H3,(H,35,38). The summed E-state index contributed by atoms with van der Waals surface area (Å²) in [5.74, 6) is -2.95. The zero-order valence-electron chi connectivity index (χ0n) is 22.9. The number of imidazole rings is 1. The first-order chi connectivity index (χ1) is 19.9. The third-order valence-electron chi connectivity index (χ3n) is 7.36. The van der Waals surface area contributed by atoms with Gasteiger partial charge in [0.15, 0.2) is 17.1 Å². The van der Waals surface area contributed by atoms with Crippen molar-refractivity contribution in [2.75, 3.05) is 25.6 Å². The number of rotatable bonds is 9. The van der Waals surface area contributed by atoms with E-state index in [4.69, 9.17) is 14.2 Å². The van der Waals surface area contributed by atoms with Crippen molar-refractivity contribution in [2.24, 2.45) is 0 Å². The summed E-state index contributed by atoms with van der Waals surface area (Å²) in [6, 6.07) is 9.98. The summed E-state index contributed by atoms with van der Waals surface area (Å²) in [4.78, 5) is 17.2. The Balaban J connectivity index is 1.36. The number of carbonyl (C=O) groups is 1. The molecule has 214 valence electrons. The molecule has 6 rings (SSSR count). The molecule has 2 N–H and O–H groups in total. The molecule has 1 unspecified atom stereocenters. The van der Waals surface area contributed by atoms with Gasteiger partial charge in [0.1, 0.15) is 0 Å². The Morgan fingerprint density at radius 3 is 2.63 bits per heavy atom. The second-order valence-corrected chi connectivity index (χ2v) is 10.4. The van der Waals surface area contributed by atoms with Crippen molar-refractivity contribution in [2.45, 2.75) is 51.2 Å². The van der Waals surface area contributed by atoms with Crippen molar-refractivity contribution in [1.29, 1.82) is 0 Å². The van der Waals surface area contributed by atoms with E-state index in [9.17, 15) is 13.6 Å². The van der Waals surface area contributed by atoms with Crippen LogP contribution in [0.3, 0.4) is 0 Å². The minimum atomic E-state index is -1.18. The number of nitrogens with zero attached hydrogens (tertiary/aromatic N) is 3. The summed E-state index contributed by atoms with van der Waals surface area (Å²) in [6.07, 6.45) is 6.82. The normalized spacial score (nSPS) is 16.9. The minimum Gasteiger partial charge on any atom is -0.494 e. The smallest absolute Gasteiger partial charge is 0.251 e. The van der Waals surface area contributed by atoms with E-state index in [0.29, 0.717) is 29.1 Å². The van der Waals surface area contributed by atoms with E-state index in [-0.39, 0.29) is 35.4 Å². The Hall–Kier alpha value is -4.25. The Morgan fingerprint density at radius 2 is 1.90 bits per heavy atom. The average molecular weight is 564 g/mol. The van der Waals surface area contributed by atoms with Gasteiger partial charge < -0.3 is 24.8 Å². The molecule has 41 heavy (non-hydrogen) atoms. The van der Waals surface area contributed by atoms with Gasteiger partial charge in [-0.05, 0) is 68.9 Å². The number of fused-ring (bicyclic) bond motifs is 1. The second kappa shape index (κ2) is 11.3. The fraction of sp³-hybridized carbons (Fsp3) is 0.367. The van der Waals surface area contributed by atoms with Gasteiger partial charge >= 0.3 is 0 Å². The molecule has 4 aromatic rings. The van der Waals surface area contributed by atoms with E-state index < -0.39 is 11.6 Å². The van der Waals surface area contributed by atoms with E-state index in [1.54, 1.807) is 22.8 Å². The monoisotopic (exact) mass is 563 g/mol. The molecule has 1 aliphatic carbocycles. The Bertz CT molecular complexity index is 1600. The van der Waals surface area contributed by atoms with E-state index in [1.807, 2.05) is 19.1 Å². The maximum absolute atomic E-state index is 14.8. The molecule has 2 aromatic carbocycles. The molecule has 3 heterocycles. The Kier molecular flexibility index (Phi) is 7.44. The number of nitrogens with one attached hydrogen (secondary N) is 2. The molecule has 9 nitrogen and oxygen atoms in total. The number of ether oxygens (including phenoxy) is 3. The highest BCUT2D eigenvalue weighted by atomic mass is 19.2. The molecule has 11 heteroatoms. The number of carbonyl (C=O) groups excluding carboxylic acids is 1. The SMILES string of the molecule is COc1ccc(Oc2cc(NCC3CCCCO3)c3ncc(-c4ccc(C(=O)NC5CC5)c(C)c4)n3n2)c(F)c1F. The number of amides is 1. The van der Waals surface area contributed by atoms with Crippen LogP contribution in [0.2, 0.25) is 0 Å². The molecule has 0 bridgehead atoms. The quantitative estimate of drug-likeness (QED) is 0.271. The molecular weight excluding hydrogens is 532 g/mol. The fourth-order valence-corrected chi connectivity index (χ4v) is 4.95. The van der Waals surface area contributed by atoms with Crippen LogP contribution in [0.5, 0.6) is 17.4 Å². The summed E-state index contributed by atoms with van der Waals surface area (Å²) in [6.45, 7) is 3.14. The minimum absolute atomic E-state index is 0.0319. The predicted molar refractivity (Wildman–Crippen MR) is 149 cm³/mol. The van der Waals surface area contributed by atoms with Crippen molar-refractivity contribution in [3.8, 4) is 28.6 Å². The summed E-state index contributed by atoms with van der Waals surface area (Å²) >= 11 is 0. The molecule has 1 saturated heterocycles.